The Labute approximate surface area is 246 Å². The van der Waals surface area contributed by atoms with Crippen molar-refractivity contribution in [1.82, 2.24) is 19.6 Å². The highest BCUT2D eigenvalue weighted by molar-refractivity contribution is 7.89. The fraction of sp³-hybridized carbons (Fsp3) is 0.379. The Bertz CT molecular complexity index is 1530. The predicted molar refractivity (Wildman–Crippen MR) is 164 cm³/mol. The first kappa shape index (κ1) is 30.7. The number of sulfonamides is 1. The van der Waals surface area contributed by atoms with Gasteiger partial charge in [0.15, 0.2) is 0 Å². The van der Waals surface area contributed by atoms with E-state index in [1.165, 1.54) is 0 Å². The van der Waals surface area contributed by atoms with Crippen molar-refractivity contribution in [3.8, 4) is 0 Å². The maximum atomic E-state index is 12.8. The van der Waals surface area contributed by atoms with Crippen molar-refractivity contribution in [2.45, 2.75) is 51.0 Å². The van der Waals surface area contributed by atoms with Crippen LogP contribution in [0.1, 0.15) is 39.2 Å². The van der Waals surface area contributed by atoms with E-state index in [-0.39, 0.29) is 23.6 Å². The van der Waals surface area contributed by atoms with Gasteiger partial charge in [0, 0.05) is 73.4 Å². The third-order valence-electron chi connectivity index (χ3n) is 6.53. The van der Waals surface area contributed by atoms with E-state index in [1.807, 2.05) is 31.2 Å². The van der Waals surface area contributed by atoms with Crippen molar-refractivity contribution in [3.05, 3.63) is 60.3 Å². The number of hydrogen-bond acceptors (Lipinski definition) is 9. The number of rotatable bonds is 10. The van der Waals surface area contributed by atoms with Crippen molar-refractivity contribution < 1.29 is 18.0 Å². The number of aromatic nitrogens is 2. The molecule has 12 nitrogen and oxygen atoms in total. The molecule has 0 bridgehead atoms. The maximum Gasteiger partial charge on any atom is 0.241 e. The van der Waals surface area contributed by atoms with Crippen molar-refractivity contribution in [3.63, 3.8) is 0 Å². The summed E-state index contributed by atoms with van der Waals surface area (Å²) in [5, 5.41) is 6.43. The quantitative estimate of drug-likeness (QED) is 0.276. The number of nitrogens with one attached hydrogen (secondary N) is 3. The number of amides is 2. The molecule has 0 aliphatic carbocycles. The summed E-state index contributed by atoms with van der Waals surface area (Å²) in [6.45, 7) is 9.82. The van der Waals surface area contributed by atoms with Crippen LogP contribution < -0.4 is 26.0 Å². The highest BCUT2D eigenvalue weighted by Crippen LogP contribution is 2.25. The van der Waals surface area contributed by atoms with Gasteiger partial charge in [-0.15, -0.1) is 0 Å². The largest absolute Gasteiger partial charge is 0.370 e. The van der Waals surface area contributed by atoms with Crippen molar-refractivity contribution in [1.29, 1.82) is 0 Å². The highest BCUT2D eigenvalue weighted by Gasteiger charge is 2.23. The number of aryl methyl sites for hydroxylation is 1. The lowest BCUT2D eigenvalue weighted by molar-refractivity contribution is -0.133. The number of primary amides is 1. The second-order valence-corrected chi connectivity index (χ2v) is 12.9. The molecule has 1 saturated heterocycles. The average Bonchev–Trinajstić information content (AvgIpc) is 2.93. The first-order valence-electron chi connectivity index (χ1n) is 13.7. The molecule has 1 aliphatic rings. The van der Waals surface area contributed by atoms with Crippen LogP contribution in [0.15, 0.2) is 59.6 Å². The van der Waals surface area contributed by atoms with Gasteiger partial charge in [0.25, 0.3) is 0 Å². The van der Waals surface area contributed by atoms with Crippen LogP contribution in [-0.4, -0.2) is 66.8 Å². The van der Waals surface area contributed by atoms with Crippen LogP contribution in [0, 0.1) is 6.92 Å². The molecule has 1 fully saturated rings. The van der Waals surface area contributed by atoms with E-state index in [1.54, 1.807) is 56.1 Å². The topological polar surface area (TPSA) is 163 Å². The Morgan fingerprint density at radius 2 is 1.64 bits per heavy atom. The summed E-state index contributed by atoms with van der Waals surface area (Å²) >= 11 is 0. The van der Waals surface area contributed by atoms with Crippen molar-refractivity contribution in [2.75, 3.05) is 41.7 Å². The minimum atomic E-state index is -3.69. The summed E-state index contributed by atoms with van der Waals surface area (Å²) in [6, 6.07) is 14.4. The minimum Gasteiger partial charge on any atom is -0.370 e. The summed E-state index contributed by atoms with van der Waals surface area (Å²) in [5.41, 5.74) is 7.76. The molecular weight excluding hydrogens is 556 g/mol. The average molecular weight is 595 g/mol. The van der Waals surface area contributed by atoms with E-state index in [0.29, 0.717) is 43.6 Å². The zero-order chi connectivity index (χ0) is 30.5. The molecule has 1 aromatic heterocycles. The molecule has 0 unspecified atom stereocenters. The maximum absolute atomic E-state index is 12.8. The fourth-order valence-corrected chi connectivity index (χ4v) is 5.92. The third kappa shape index (κ3) is 8.40. The molecule has 2 heterocycles. The Hall–Kier alpha value is -4.23. The van der Waals surface area contributed by atoms with Gasteiger partial charge in [-0.3, -0.25) is 9.59 Å². The Morgan fingerprint density at radius 3 is 2.29 bits per heavy atom. The zero-order valence-electron chi connectivity index (χ0n) is 24.3. The number of hydrogen-bond donors (Lipinski definition) is 4. The van der Waals surface area contributed by atoms with Crippen LogP contribution in [0.5, 0.6) is 0 Å². The van der Waals surface area contributed by atoms with Gasteiger partial charge in [-0.25, -0.2) is 18.1 Å². The van der Waals surface area contributed by atoms with E-state index < -0.39 is 21.5 Å². The van der Waals surface area contributed by atoms with E-state index in [9.17, 15) is 18.0 Å². The number of nitrogens with two attached hydrogens (primary N) is 1. The lowest BCUT2D eigenvalue weighted by Gasteiger charge is -2.36. The lowest BCUT2D eigenvalue weighted by atomic mass is 10.1. The molecule has 4 rings (SSSR count). The lowest BCUT2D eigenvalue weighted by Crippen LogP contribution is -2.48. The molecule has 224 valence electrons. The molecule has 1 aliphatic heterocycles. The first-order chi connectivity index (χ1) is 19.8. The van der Waals surface area contributed by atoms with Crippen LogP contribution in [0.3, 0.4) is 0 Å². The summed E-state index contributed by atoms with van der Waals surface area (Å²) in [4.78, 5) is 36.3. The molecule has 2 aromatic carbocycles. The molecule has 0 atom stereocenters. The predicted octanol–water partition coefficient (Wildman–Crippen LogP) is 3.26. The van der Waals surface area contributed by atoms with Crippen LogP contribution in [0.4, 0.5) is 28.8 Å². The zero-order valence-corrected chi connectivity index (χ0v) is 25.2. The number of anilines is 5. The van der Waals surface area contributed by atoms with Gasteiger partial charge in [0.05, 0.1) is 4.90 Å². The van der Waals surface area contributed by atoms with E-state index in [0.717, 1.165) is 16.9 Å². The normalized spacial score (nSPS) is 14.0. The summed E-state index contributed by atoms with van der Waals surface area (Å²) in [5.74, 6) is 0.421. The molecule has 0 spiro atoms. The van der Waals surface area contributed by atoms with Gasteiger partial charge in [0.2, 0.25) is 27.8 Å². The molecular formula is C29H38N8O4S. The van der Waals surface area contributed by atoms with Crippen molar-refractivity contribution >= 4 is 50.7 Å². The number of carbonyl (C=O) groups is 2. The van der Waals surface area contributed by atoms with Crippen LogP contribution in [0.25, 0.3) is 0 Å². The number of nitrogens with zero attached hydrogens (tertiary/aromatic N) is 4. The van der Waals surface area contributed by atoms with E-state index in [2.05, 4.69) is 30.2 Å². The number of piperazine rings is 1. The van der Waals surface area contributed by atoms with Crippen LogP contribution in [0.2, 0.25) is 0 Å². The molecule has 5 N–H and O–H groups in total. The number of carbonyl (C=O) groups excluding carboxylic acids is 2. The van der Waals surface area contributed by atoms with Gasteiger partial charge >= 0.3 is 0 Å². The Kier molecular flexibility index (Phi) is 9.32. The van der Waals surface area contributed by atoms with E-state index >= 15 is 0 Å². The Balaban J connectivity index is 1.38. The third-order valence-corrected chi connectivity index (χ3v) is 8.28. The molecule has 3 aromatic rings. The SMILES string of the molecule is Cc1cnc(Nc2ccc(N3CCN(C(=O)CCC(N)=O)CC3)cc2)nc1Nc1cccc(S(=O)(=O)NC(C)(C)C)c1. The molecule has 0 radical (unpaired) electrons. The Morgan fingerprint density at radius 1 is 0.952 bits per heavy atom. The highest BCUT2D eigenvalue weighted by atomic mass is 32.2. The smallest absolute Gasteiger partial charge is 0.241 e. The summed E-state index contributed by atoms with van der Waals surface area (Å²) in [6.07, 6.45) is 1.91. The van der Waals surface area contributed by atoms with Gasteiger partial charge in [-0.1, -0.05) is 6.07 Å². The second-order valence-electron chi connectivity index (χ2n) is 11.2. The van der Waals surface area contributed by atoms with Crippen LogP contribution in [-0.2, 0) is 19.6 Å². The summed E-state index contributed by atoms with van der Waals surface area (Å²) in [7, 11) is -3.69. The number of benzene rings is 2. The van der Waals surface area contributed by atoms with E-state index in [4.69, 9.17) is 5.73 Å². The molecule has 42 heavy (non-hydrogen) atoms. The van der Waals surface area contributed by atoms with Gasteiger partial charge in [-0.05, 0) is 70.2 Å². The molecule has 13 heteroatoms. The van der Waals surface area contributed by atoms with Gasteiger partial charge in [0.1, 0.15) is 5.82 Å². The van der Waals surface area contributed by atoms with Gasteiger partial charge < -0.3 is 26.2 Å². The van der Waals surface area contributed by atoms with Crippen LogP contribution >= 0.6 is 0 Å². The summed E-state index contributed by atoms with van der Waals surface area (Å²) < 4.78 is 28.2. The second kappa shape index (κ2) is 12.7. The van der Waals surface area contributed by atoms with Gasteiger partial charge in [-0.2, -0.15) is 4.98 Å². The van der Waals surface area contributed by atoms with Crippen molar-refractivity contribution in [2.24, 2.45) is 5.73 Å². The molecule has 2 amide bonds. The molecule has 0 saturated carbocycles. The monoisotopic (exact) mass is 594 g/mol. The first-order valence-corrected chi connectivity index (χ1v) is 15.2. The minimum absolute atomic E-state index is 0.0461. The fourth-order valence-electron chi connectivity index (χ4n) is 4.46. The standard InChI is InChI=1S/C29H38N8O4S/c1-20-19-31-28(34-27(20)32-22-6-5-7-24(18-22)42(40,41)35-29(2,3)4)33-21-8-10-23(11-9-21)36-14-16-37(17-15-36)26(39)13-12-25(30)38/h5-11,18-19,35H,12-17H2,1-4H3,(H2,30,38)(H2,31,32,33,34).